The molecule has 0 unspecified atom stereocenters. The number of carboxylic acid groups (broad SMARTS) is 1. The fraction of sp³-hybridized carbons (Fsp3) is 0.333. The van der Waals surface area contributed by atoms with Gasteiger partial charge in [-0.3, -0.25) is 4.79 Å². The number of carboxylic acids is 1. The standard InChI is InChI=1S/C15H16N4O4S/c1-19-8-16-18-15(19)24-10-4-2-9(3-5-10)17-13(20)11-6-7-12(23-11)14(21)22/h2-5,8,11-12H,6-7H2,1H3,(H,17,20)(H,21,22)/t11-,12+/m0/s1. The fourth-order valence-corrected chi connectivity index (χ4v) is 3.07. The number of nitrogens with zero attached hydrogens (tertiary/aromatic N) is 3. The summed E-state index contributed by atoms with van der Waals surface area (Å²) in [6.07, 6.45) is 0.761. The number of amides is 1. The number of aryl methyl sites for hydroxylation is 1. The van der Waals surface area contributed by atoms with E-state index < -0.39 is 18.2 Å². The molecule has 0 bridgehead atoms. The Morgan fingerprint density at radius 3 is 2.58 bits per heavy atom. The van der Waals surface area contributed by atoms with Crippen LogP contribution in [0.4, 0.5) is 5.69 Å². The molecule has 0 radical (unpaired) electrons. The number of anilines is 1. The van der Waals surface area contributed by atoms with E-state index in [9.17, 15) is 9.59 Å². The number of aromatic nitrogens is 3. The van der Waals surface area contributed by atoms with Crippen LogP contribution < -0.4 is 5.32 Å². The topological polar surface area (TPSA) is 106 Å². The summed E-state index contributed by atoms with van der Waals surface area (Å²) in [5.41, 5.74) is 0.629. The van der Waals surface area contributed by atoms with Crippen LogP contribution in [0.15, 0.2) is 40.6 Å². The molecule has 2 N–H and O–H groups in total. The van der Waals surface area contributed by atoms with Crippen LogP contribution in [0.5, 0.6) is 0 Å². The molecule has 1 amide bonds. The van der Waals surface area contributed by atoms with Crippen molar-refractivity contribution in [3.63, 3.8) is 0 Å². The van der Waals surface area contributed by atoms with Gasteiger partial charge in [0.05, 0.1) is 0 Å². The maximum atomic E-state index is 12.1. The third kappa shape index (κ3) is 3.74. The van der Waals surface area contributed by atoms with Crippen LogP contribution in [0.1, 0.15) is 12.8 Å². The summed E-state index contributed by atoms with van der Waals surface area (Å²) in [6.45, 7) is 0. The number of aliphatic carboxylic acids is 1. The predicted molar refractivity (Wildman–Crippen MR) is 85.7 cm³/mol. The third-order valence-electron chi connectivity index (χ3n) is 3.59. The molecule has 2 atom stereocenters. The Morgan fingerprint density at radius 2 is 2.00 bits per heavy atom. The lowest BCUT2D eigenvalue weighted by molar-refractivity contribution is -0.150. The smallest absolute Gasteiger partial charge is 0.332 e. The lowest BCUT2D eigenvalue weighted by Crippen LogP contribution is -2.29. The normalized spacial score (nSPS) is 20.0. The first-order valence-electron chi connectivity index (χ1n) is 7.34. The van der Waals surface area contributed by atoms with Crippen molar-refractivity contribution in [2.75, 3.05) is 5.32 Å². The average Bonchev–Trinajstić information content (AvgIpc) is 3.19. The van der Waals surface area contributed by atoms with Crippen LogP contribution in [0, 0.1) is 0 Å². The summed E-state index contributed by atoms with van der Waals surface area (Å²) >= 11 is 1.46. The Bertz CT molecular complexity index is 746. The maximum absolute atomic E-state index is 12.1. The molecule has 1 aromatic carbocycles. The van der Waals surface area contributed by atoms with Gasteiger partial charge in [0.1, 0.15) is 12.4 Å². The van der Waals surface area contributed by atoms with Crippen molar-refractivity contribution in [2.24, 2.45) is 7.05 Å². The van der Waals surface area contributed by atoms with Crippen LogP contribution >= 0.6 is 11.8 Å². The molecule has 0 spiro atoms. The Labute approximate surface area is 142 Å². The Morgan fingerprint density at radius 1 is 1.29 bits per heavy atom. The molecular weight excluding hydrogens is 332 g/mol. The number of benzene rings is 1. The molecule has 3 rings (SSSR count). The zero-order valence-electron chi connectivity index (χ0n) is 12.9. The molecule has 9 heteroatoms. The molecule has 1 aromatic heterocycles. The lowest BCUT2D eigenvalue weighted by Gasteiger charge is -2.12. The van der Waals surface area contributed by atoms with E-state index in [-0.39, 0.29) is 5.91 Å². The minimum atomic E-state index is -1.03. The van der Waals surface area contributed by atoms with Crippen molar-refractivity contribution in [3.8, 4) is 0 Å². The van der Waals surface area contributed by atoms with Gasteiger partial charge in [0.2, 0.25) is 0 Å². The highest BCUT2D eigenvalue weighted by Gasteiger charge is 2.34. The Hall–Kier alpha value is -2.39. The van der Waals surface area contributed by atoms with Crippen LogP contribution in [0.3, 0.4) is 0 Å². The molecule has 2 aromatic rings. The molecule has 0 aliphatic carbocycles. The van der Waals surface area contributed by atoms with Crippen molar-refractivity contribution >= 4 is 29.3 Å². The highest BCUT2D eigenvalue weighted by Crippen LogP contribution is 2.27. The molecule has 0 saturated carbocycles. The highest BCUT2D eigenvalue weighted by atomic mass is 32.2. The van der Waals surface area contributed by atoms with Gasteiger partial charge in [-0.05, 0) is 48.9 Å². The van der Waals surface area contributed by atoms with Crippen molar-refractivity contribution in [3.05, 3.63) is 30.6 Å². The quantitative estimate of drug-likeness (QED) is 0.844. The van der Waals surface area contributed by atoms with E-state index in [1.165, 1.54) is 11.8 Å². The average molecular weight is 348 g/mol. The molecule has 2 heterocycles. The first-order valence-corrected chi connectivity index (χ1v) is 8.15. The van der Waals surface area contributed by atoms with Gasteiger partial charge in [-0.2, -0.15) is 0 Å². The second kappa shape index (κ2) is 7.02. The van der Waals surface area contributed by atoms with Crippen molar-refractivity contribution in [1.82, 2.24) is 14.8 Å². The van der Waals surface area contributed by atoms with Crippen LogP contribution in [-0.2, 0) is 21.4 Å². The number of hydrogen-bond donors (Lipinski definition) is 2. The molecule has 1 fully saturated rings. The Balaban J connectivity index is 1.57. The molecule has 126 valence electrons. The largest absolute Gasteiger partial charge is 0.479 e. The summed E-state index contributed by atoms with van der Waals surface area (Å²) < 4.78 is 7.05. The minimum absolute atomic E-state index is 0.326. The molecule has 1 saturated heterocycles. The summed E-state index contributed by atoms with van der Waals surface area (Å²) in [5, 5.41) is 20.2. The molecule has 24 heavy (non-hydrogen) atoms. The van der Waals surface area contributed by atoms with Gasteiger partial charge in [-0.15, -0.1) is 10.2 Å². The summed E-state index contributed by atoms with van der Waals surface area (Å²) in [7, 11) is 1.86. The van der Waals surface area contributed by atoms with E-state index in [4.69, 9.17) is 9.84 Å². The molecular formula is C15H16N4O4S. The monoisotopic (exact) mass is 348 g/mol. The van der Waals surface area contributed by atoms with Crippen molar-refractivity contribution in [2.45, 2.75) is 35.1 Å². The predicted octanol–water partition coefficient (Wildman–Crippen LogP) is 1.54. The van der Waals surface area contributed by atoms with Crippen molar-refractivity contribution in [1.29, 1.82) is 0 Å². The minimum Gasteiger partial charge on any atom is -0.479 e. The van der Waals surface area contributed by atoms with Crippen LogP contribution in [-0.4, -0.2) is 44.0 Å². The summed E-state index contributed by atoms with van der Waals surface area (Å²) in [4.78, 5) is 23.9. The number of hydrogen-bond acceptors (Lipinski definition) is 6. The zero-order chi connectivity index (χ0) is 17.1. The van der Waals surface area contributed by atoms with E-state index in [0.717, 1.165) is 10.1 Å². The van der Waals surface area contributed by atoms with E-state index >= 15 is 0 Å². The van der Waals surface area contributed by atoms with Gasteiger partial charge in [0.15, 0.2) is 11.3 Å². The van der Waals surface area contributed by atoms with Gasteiger partial charge in [0.25, 0.3) is 5.91 Å². The van der Waals surface area contributed by atoms with Gasteiger partial charge in [0, 0.05) is 17.6 Å². The fourth-order valence-electron chi connectivity index (χ4n) is 2.31. The van der Waals surface area contributed by atoms with E-state index in [0.29, 0.717) is 18.5 Å². The second-order valence-corrected chi connectivity index (χ2v) is 6.41. The third-order valence-corrected chi connectivity index (χ3v) is 4.65. The summed E-state index contributed by atoms with van der Waals surface area (Å²) in [5.74, 6) is -1.36. The number of ether oxygens (including phenoxy) is 1. The number of carbonyl (C=O) groups is 2. The first kappa shape index (κ1) is 16.5. The number of rotatable bonds is 5. The molecule has 8 nitrogen and oxygen atoms in total. The van der Waals surface area contributed by atoms with Gasteiger partial charge >= 0.3 is 5.97 Å². The second-order valence-electron chi connectivity index (χ2n) is 5.37. The van der Waals surface area contributed by atoms with Crippen LogP contribution in [0.2, 0.25) is 0 Å². The maximum Gasteiger partial charge on any atom is 0.332 e. The Kier molecular flexibility index (Phi) is 4.81. The van der Waals surface area contributed by atoms with Gasteiger partial charge in [-0.1, -0.05) is 0 Å². The SMILES string of the molecule is Cn1cnnc1Sc1ccc(NC(=O)[C@@H]2CC[C@H](C(=O)O)O2)cc1. The first-order chi connectivity index (χ1) is 11.5. The van der Waals surface area contributed by atoms with Crippen molar-refractivity contribution < 1.29 is 19.4 Å². The number of nitrogens with one attached hydrogen (secondary N) is 1. The number of carbonyl (C=O) groups excluding carboxylic acids is 1. The lowest BCUT2D eigenvalue weighted by atomic mass is 10.2. The van der Waals surface area contributed by atoms with Crippen LogP contribution in [0.25, 0.3) is 0 Å². The van der Waals surface area contributed by atoms with E-state index in [1.807, 2.05) is 23.7 Å². The van der Waals surface area contributed by atoms with Gasteiger partial charge < -0.3 is 19.7 Å². The van der Waals surface area contributed by atoms with Gasteiger partial charge in [-0.25, -0.2) is 4.79 Å². The molecule has 1 aliphatic heterocycles. The molecule has 1 aliphatic rings. The van der Waals surface area contributed by atoms with E-state index in [2.05, 4.69) is 15.5 Å². The summed E-state index contributed by atoms with van der Waals surface area (Å²) in [6, 6.07) is 7.29. The highest BCUT2D eigenvalue weighted by molar-refractivity contribution is 7.99. The van der Waals surface area contributed by atoms with E-state index in [1.54, 1.807) is 18.5 Å². The zero-order valence-corrected chi connectivity index (χ0v) is 13.7.